The molecule has 2 aromatic rings. The van der Waals surface area contributed by atoms with Crippen LogP contribution in [0.4, 0.5) is 18.9 Å². The van der Waals surface area contributed by atoms with Gasteiger partial charge in [-0.3, -0.25) is 4.79 Å². The predicted molar refractivity (Wildman–Crippen MR) is 89.6 cm³/mol. The lowest BCUT2D eigenvalue weighted by molar-refractivity contribution is -0.266. The van der Waals surface area contributed by atoms with Crippen LogP contribution in [0.5, 0.6) is 0 Å². The zero-order valence-electron chi connectivity index (χ0n) is 13.7. The average Bonchev–Trinajstić information content (AvgIpc) is 2.92. The largest absolute Gasteiger partial charge is 0.424 e. The minimum Gasteiger partial charge on any atom is -0.374 e. The molecule has 1 atom stereocenters. The lowest BCUT2D eigenvalue weighted by Crippen LogP contribution is -2.45. The first-order chi connectivity index (χ1) is 11.8. The summed E-state index contributed by atoms with van der Waals surface area (Å²) in [7, 11) is -3.55. The molecule has 142 valence electrons. The van der Waals surface area contributed by atoms with Crippen molar-refractivity contribution in [2.24, 2.45) is 0 Å². The van der Waals surface area contributed by atoms with Crippen molar-refractivity contribution in [3.05, 3.63) is 40.3 Å². The van der Waals surface area contributed by atoms with E-state index < -0.39 is 39.0 Å². The molecule has 1 heterocycles. The molecule has 0 aliphatic heterocycles. The second-order valence-corrected chi connectivity index (χ2v) is 8.55. The molecule has 0 aliphatic carbocycles. The van der Waals surface area contributed by atoms with Gasteiger partial charge in [-0.15, -0.1) is 11.3 Å². The van der Waals surface area contributed by atoms with Gasteiger partial charge in [-0.05, 0) is 25.1 Å². The van der Waals surface area contributed by atoms with E-state index in [1.54, 1.807) is 0 Å². The summed E-state index contributed by atoms with van der Waals surface area (Å²) in [5, 5.41) is 13.0. The molecule has 26 heavy (non-hydrogen) atoms. The number of aromatic nitrogens is 1. The van der Waals surface area contributed by atoms with Gasteiger partial charge < -0.3 is 10.4 Å². The Morgan fingerprint density at radius 1 is 1.35 bits per heavy atom. The molecule has 0 saturated carbocycles. The van der Waals surface area contributed by atoms with Crippen LogP contribution in [0.15, 0.2) is 34.5 Å². The Morgan fingerprint density at radius 2 is 2.00 bits per heavy atom. The van der Waals surface area contributed by atoms with Gasteiger partial charge >= 0.3 is 6.18 Å². The summed E-state index contributed by atoms with van der Waals surface area (Å²) < 4.78 is 63.1. The maximum Gasteiger partial charge on any atom is 0.424 e. The Labute approximate surface area is 151 Å². The molecule has 0 spiro atoms. The molecule has 0 saturated heterocycles. The van der Waals surface area contributed by atoms with E-state index in [9.17, 15) is 31.5 Å². The minimum atomic E-state index is -5.12. The second kappa shape index (κ2) is 6.97. The smallest absolute Gasteiger partial charge is 0.374 e. The topological polar surface area (TPSA) is 96.4 Å². The summed E-state index contributed by atoms with van der Waals surface area (Å²) in [4.78, 5) is 15.6. The molecule has 1 amide bonds. The van der Waals surface area contributed by atoms with Gasteiger partial charge in [0.2, 0.25) is 11.5 Å². The van der Waals surface area contributed by atoms with Crippen molar-refractivity contribution in [3.8, 4) is 0 Å². The van der Waals surface area contributed by atoms with Crippen molar-refractivity contribution in [1.82, 2.24) is 4.98 Å². The van der Waals surface area contributed by atoms with E-state index in [0.717, 1.165) is 12.3 Å². The molecule has 0 radical (unpaired) electrons. The highest BCUT2D eigenvalue weighted by molar-refractivity contribution is 7.90. The molecule has 0 aliphatic rings. The molecular formula is C15H15F3N2O4S2. The average molecular weight is 408 g/mol. The summed E-state index contributed by atoms with van der Waals surface area (Å²) in [5.74, 6) is -1.14. The third kappa shape index (κ3) is 4.40. The Kier molecular flexibility index (Phi) is 5.45. The molecule has 1 aromatic carbocycles. The number of hydrogen-bond acceptors (Lipinski definition) is 6. The first-order valence-electron chi connectivity index (χ1n) is 7.14. The predicted octanol–water partition coefficient (Wildman–Crippen LogP) is 2.63. The molecule has 1 aromatic heterocycles. The van der Waals surface area contributed by atoms with Crippen LogP contribution in [0, 0.1) is 6.92 Å². The van der Waals surface area contributed by atoms with Crippen molar-refractivity contribution in [3.63, 3.8) is 0 Å². The number of benzene rings is 1. The van der Waals surface area contributed by atoms with E-state index in [1.165, 1.54) is 30.5 Å². The Morgan fingerprint density at radius 3 is 2.50 bits per heavy atom. The number of aliphatic hydroxyl groups is 1. The fourth-order valence-corrected chi connectivity index (χ4v) is 3.66. The van der Waals surface area contributed by atoms with Gasteiger partial charge in [0.05, 0.1) is 11.3 Å². The Hall–Kier alpha value is -1.98. The molecule has 2 rings (SSSR count). The molecule has 11 heteroatoms. The van der Waals surface area contributed by atoms with Gasteiger partial charge in [-0.25, -0.2) is 13.4 Å². The second-order valence-electron chi connectivity index (χ2n) is 5.68. The lowest BCUT2D eigenvalue weighted by atomic mass is 9.99. The number of carbonyl (C=O) groups excluding carboxylic acids is 1. The maximum atomic E-state index is 13.4. The van der Waals surface area contributed by atoms with E-state index in [-0.39, 0.29) is 16.3 Å². The van der Waals surface area contributed by atoms with Crippen LogP contribution in [0.3, 0.4) is 0 Å². The van der Waals surface area contributed by atoms with E-state index in [0.29, 0.717) is 11.3 Å². The Bertz CT molecular complexity index is 925. The van der Waals surface area contributed by atoms with E-state index in [4.69, 9.17) is 0 Å². The van der Waals surface area contributed by atoms with Crippen LogP contribution >= 0.6 is 11.3 Å². The number of sulfone groups is 1. The van der Waals surface area contributed by atoms with Crippen LogP contribution in [-0.4, -0.2) is 36.8 Å². The van der Waals surface area contributed by atoms with E-state index in [1.807, 2.05) is 0 Å². The molecule has 6 nitrogen and oxygen atoms in total. The first-order valence-corrected chi connectivity index (χ1v) is 9.92. The molecule has 0 fully saturated rings. The van der Waals surface area contributed by atoms with Gasteiger partial charge in [0.15, 0.2) is 9.84 Å². The zero-order valence-corrected chi connectivity index (χ0v) is 15.3. The number of amides is 1. The summed E-state index contributed by atoms with van der Waals surface area (Å²) in [6.07, 6.45) is -5.48. The van der Waals surface area contributed by atoms with Crippen molar-refractivity contribution in [2.45, 2.75) is 30.0 Å². The number of alkyl halides is 3. The maximum absolute atomic E-state index is 13.4. The van der Waals surface area contributed by atoms with E-state index in [2.05, 4.69) is 10.3 Å². The van der Waals surface area contributed by atoms with Crippen LogP contribution in [0.2, 0.25) is 0 Å². The standard InChI is InChI=1S/C15H15F3N2O4S2/c1-9-8-25-13(19-9)14(22,15(16,17)18)7-12(21)20-10-4-3-5-11(6-10)26(2,23)24/h3-6,8,22H,7H2,1-2H3,(H,20,21). The number of anilines is 1. The van der Waals surface area contributed by atoms with Crippen molar-refractivity contribution >= 4 is 32.8 Å². The summed E-state index contributed by atoms with van der Waals surface area (Å²) in [6.45, 7) is 1.47. The fourth-order valence-electron chi connectivity index (χ4n) is 2.08. The van der Waals surface area contributed by atoms with Gasteiger partial charge in [-0.1, -0.05) is 6.07 Å². The highest BCUT2D eigenvalue weighted by Crippen LogP contribution is 2.43. The monoisotopic (exact) mass is 408 g/mol. The highest BCUT2D eigenvalue weighted by Gasteiger charge is 2.58. The van der Waals surface area contributed by atoms with Gasteiger partial charge in [0.1, 0.15) is 5.01 Å². The summed E-state index contributed by atoms with van der Waals surface area (Å²) in [6, 6.07) is 5.07. The quantitative estimate of drug-likeness (QED) is 0.793. The lowest BCUT2D eigenvalue weighted by Gasteiger charge is -2.27. The number of aryl methyl sites for hydroxylation is 1. The number of halogens is 3. The number of nitrogens with one attached hydrogen (secondary N) is 1. The van der Waals surface area contributed by atoms with Crippen LogP contribution in [0.1, 0.15) is 17.1 Å². The Balaban J connectivity index is 2.26. The minimum absolute atomic E-state index is 0.00207. The first kappa shape index (κ1) is 20.3. The summed E-state index contributed by atoms with van der Waals surface area (Å²) in [5.41, 5.74) is -3.16. The third-order valence-corrected chi connectivity index (χ3v) is 5.63. The zero-order chi connectivity index (χ0) is 19.8. The SMILES string of the molecule is Cc1csc(C(O)(CC(=O)Nc2cccc(S(C)(=O)=O)c2)C(F)(F)F)n1. The van der Waals surface area contributed by atoms with Crippen LogP contribution < -0.4 is 5.32 Å². The van der Waals surface area contributed by atoms with Crippen molar-refractivity contribution in [1.29, 1.82) is 0 Å². The third-order valence-electron chi connectivity index (χ3n) is 3.40. The van der Waals surface area contributed by atoms with Gasteiger partial charge in [0, 0.05) is 23.0 Å². The number of hydrogen-bond donors (Lipinski definition) is 2. The van der Waals surface area contributed by atoms with E-state index >= 15 is 0 Å². The molecule has 0 bridgehead atoms. The number of thiazole rings is 1. The molecular weight excluding hydrogens is 393 g/mol. The van der Waals surface area contributed by atoms with Crippen LogP contribution in [-0.2, 0) is 20.2 Å². The van der Waals surface area contributed by atoms with Crippen molar-refractivity contribution in [2.75, 3.05) is 11.6 Å². The van der Waals surface area contributed by atoms with Gasteiger partial charge in [-0.2, -0.15) is 13.2 Å². The van der Waals surface area contributed by atoms with Crippen LogP contribution in [0.25, 0.3) is 0 Å². The summed E-state index contributed by atoms with van der Waals surface area (Å²) >= 11 is 0.597. The number of nitrogens with zero attached hydrogens (tertiary/aromatic N) is 1. The van der Waals surface area contributed by atoms with Crippen molar-refractivity contribution < 1.29 is 31.5 Å². The fraction of sp³-hybridized carbons (Fsp3) is 0.333. The molecule has 2 N–H and O–H groups in total. The highest BCUT2D eigenvalue weighted by atomic mass is 32.2. The number of rotatable bonds is 5. The number of carbonyl (C=O) groups is 1. The van der Waals surface area contributed by atoms with Gasteiger partial charge in [0.25, 0.3) is 0 Å². The molecule has 1 unspecified atom stereocenters. The normalized spacial score (nSPS) is 14.7.